The van der Waals surface area contributed by atoms with Gasteiger partial charge in [0.25, 0.3) is 0 Å². The summed E-state index contributed by atoms with van der Waals surface area (Å²) < 4.78 is 44.1. The van der Waals surface area contributed by atoms with Crippen molar-refractivity contribution >= 4 is 27.4 Å². The van der Waals surface area contributed by atoms with Crippen LogP contribution in [0.3, 0.4) is 0 Å². The summed E-state index contributed by atoms with van der Waals surface area (Å²) in [5, 5.41) is 1.04. The first-order chi connectivity index (χ1) is 14.2. The molecule has 0 spiro atoms. The summed E-state index contributed by atoms with van der Waals surface area (Å²) in [7, 11) is 0. The molecule has 0 aliphatic carbocycles. The lowest BCUT2D eigenvalue weighted by molar-refractivity contribution is -0.150. The van der Waals surface area contributed by atoms with Crippen molar-refractivity contribution in [3.05, 3.63) is 16.3 Å². The van der Waals surface area contributed by atoms with E-state index < -0.39 is 12.7 Å². The molecule has 30 heavy (non-hydrogen) atoms. The lowest BCUT2D eigenvalue weighted by atomic mass is 10.1. The van der Waals surface area contributed by atoms with Crippen LogP contribution in [0.4, 0.5) is 19.0 Å². The molecule has 6 nitrogen and oxygen atoms in total. The molecular formula is C20H28F3N5OS. The van der Waals surface area contributed by atoms with Crippen LogP contribution in [0.25, 0.3) is 10.2 Å². The molecule has 2 aromatic rings. The van der Waals surface area contributed by atoms with Gasteiger partial charge >= 0.3 is 6.18 Å². The normalized spacial score (nSPS) is 22.2. The maximum atomic E-state index is 12.9. The number of aryl methyl sites for hydroxylation is 2. The first-order valence-electron chi connectivity index (χ1n) is 10.3. The number of thiophene rings is 1. The molecule has 2 aromatic heterocycles. The third-order valence-electron chi connectivity index (χ3n) is 5.97. The monoisotopic (exact) mass is 443 g/mol. The zero-order valence-corrected chi connectivity index (χ0v) is 18.4. The fourth-order valence-electron chi connectivity index (χ4n) is 4.18. The third-order valence-corrected chi connectivity index (χ3v) is 7.07. The number of fused-ring (bicyclic) bond motifs is 1. The van der Waals surface area contributed by atoms with Crippen molar-refractivity contribution in [2.75, 3.05) is 57.4 Å². The van der Waals surface area contributed by atoms with Crippen LogP contribution in [0.15, 0.2) is 0 Å². The van der Waals surface area contributed by atoms with E-state index in [1.807, 2.05) is 6.92 Å². The van der Waals surface area contributed by atoms with Crippen molar-refractivity contribution in [1.82, 2.24) is 19.8 Å². The lowest BCUT2D eigenvalue weighted by Gasteiger charge is -2.41. The van der Waals surface area contributed by atoms with Crippen LogP contribution in [0.1, 0.15) is 23.2 Å². The molecule has 166 valence electrons. The van der Waals surface area contributed by atoms with Gasteiger partial charge < -0.3 is 9.64 Å². The van der Waals surface area contributed by atoms with E-state index in [4.69, 9.17) is 14.7 Å². The second kappa shape index (κ2) is 8.57. The molecule has 4 heterocycles. The minimum absolute atomic E-state index is 0.201. The number of alkyl halides is 3. The fourth-order valence-corrected chi connectivity index (χ4v) is 5.23. The highest BCUT2D eigenvalue weighted by atomic mass is 32.1. The largest absolute Gasteiger partial charge is 0.401 e. The zero-order valence-electron chi connectivity index (χ0n) is 17.6. The molecule has 0 bridgehead atoms. The molecule has 0 amide bonds. The summed E-state index contributed by atoms with van der Waals surface area (Å²) in [5.74, 6) is 1.63. The smallest absolute Gasteiger partial charge is 0.379 e. The number of piperazine rings is 1. The van der Waals surface area contributed by atoms with Gasteiger partial charge in [0.1, 0.15) is 16.5 Å². The SMILES string of the molecule is Cc1sc2nc(CN3CCOCC3)nc(N3CCN(CC(F)(F)F)C(C)C3)c2c1C. The predicted molar refractivity (Wildman–Crippen MR) is 112 cm³/mol. The molecule has 2 aliphatic rings. The molecule has 2 aliphatic heterocycles. The van der Waals surface area contributed by atoms with E-state index in [2.05, 4.69) is 23.6 Å². The number of hydrogen-bond acceptors (Lipinski definition) is 7. The second-order valence-electron chi connectivity index (χ2n) is 8.20. The molecule has 2 saturated heterocycles. The highest BCUT2D eigenvalue weighted by molar-refractivity contribution is 7.18. The molecule has 0 radical (unpaired) electrons. The number of halogens is 3. The van der Waals surface area contributed by atoms with Gasteiger partial charge in [-0.1, -0.05) is 0 Å². The van der Waals surface area contributed by atoms with Crippen LogP contribution >= 0.6 is 11.3 Å². The Kier molecular flexibility index (Phi) is 6.20. The fraction of sp³-hybridized carbons (Fsp3) is 0.700. The molecule has 2 fully saturated rings. The summed E-state index contributed by atoms with van der Waals surface area (Å²) in [5.41, 5.74) is 1.16. The summed E-state index contributed by atoms with van der Waals surface area (Å²) in [6.07, 6.45) is -4.18. The van der Waals surface area contributed by atoms with Crippen LogP contribution in [0.5, 0.6) is 0 Å². The van der Waals surface area contributed by atoms with Gasteiger partial charge in [-0.3, -0.25) is 9.80 Å². The highest BCUT2D eigenvalue weighted by Gasteiger charge is 2.36. The van der Waals surface area contributed by atoms with Gasteiger partial charge in [0.05, 0.1) is 31.7 Å². The molecule has 10 heteroatoms. The molecule has 0 saturated carbocycles. The van der Waals surface area contributed by atoms with E-state index in [1.54, 1.807) is 11.3 Å². The highest BCUT2D eigenvalue weighted by Crippen LogP contribution is 2.36. The Morgan fingerprint density at radius 2 is 1.83 bits per heavy atom. The summed E-state index contributed by atoms with van der Waals surface area (Å²) >= 11 is 1.66. The first kappa shape index (κ1) is 21.7. The van der Waals surface area contributed by atoms with E-state index >= 15 is 0 Å². The van der Waals surface area contributed by atoms with Gasteiger partial charge in [-0.15, -0.1) is 11.3 Å². The number of ether oxygens (including phenoxy) is 1. The van der Waals surface area contributed by atoms with Gasteiger partial charge in [-0.2, -0.15) is 13.2 Å². The average molecular weight is 444 g/mol. The van der Waals surface area contributed by atoms with Crippen molar-refractivity contribution in [2.45, 2.75) is 39.5 Å². The Labute approximate surface area is 178 Å². The average Bonchev–Trinajstić information content (AvgIpc) is 2.96. The maximum absolute atomic E-state index is 12.9. The molecule has 1 unspecified atom stereocenters. The quantitative estimate of drug-likeness (QED) is 0.723. The van der Waals surface area contributed by atoms with Gasteiger partial charge in [0.2, 0.25) is 0 Å². The molecule has 0 aromatic carbocycles. The standard InChI is InChI=1S/C20H28F3N5OS/c1-13-10-27(4-5-28(13)12-20(21,22)23)18-17-14(2)15(3)30-19(17)25-16(24-18)11-26-6-8-29-9-7-26/h13H,4-12H2,1-3H3. The molecule has 1 atom stereocenters. The molecule has 4 rings (SSSR count). The number of morpholine rings is 1. The molecule has 0 N–H and O–H groups in total. The van der Waals surface area contributed by atoms with Gasteiger partial charge in [0.15, 0.2) is 0 Å². The van der Waals surface area contributed by atoms with E-state index in [9.17, 15) is 13.2 Å². The van der Waals surface area contributed by atoms with Crippen LogP contribution in [0, 0.1) is 13.8 Å². The van der Waals surface area contributed by atoms with Crippen LogP contribution in [-0.4, -0.2) is 84.5 Å². The minimum atomic E-state index is -4.18. The first-order valence-corrected chi connectivity index (χ1v) is 11.2. The number of anilines is 1. The van der Waals surface area contributed by atoms with E-state index in [0.717, 1.165) is 40.5 Å². The summed E-state index contributed by atoms with van der Waals surface area (Å²) in [4.78, 5) is 17.9. The van der Waals surface area contributed by atoms with Crippen molar-refractivity contribution in [2.24, 2.45) is 0 Å². The van der Waals surface area contributed by atoms with Crippen LogP contribution in [-0.2, 0) is 11.3 Å². The molecular weight excluding hydrogens is 415 g/mol. The van der Waals surface area contributed by atoms with Crippen molar-refractivity contribution in [3.8, 4) is 0 Å². The Balaban J connectivity index is 1.62. The second-order valence-corrected chi connectivity index (χ2v) is 9.40. The van der Waals surface area contributed by atoms with E-state index in [0.29, 0.717) is 39.4 Å². The summed E-state index contributed by atoms with van der Waals surface area (Å²) in [6.45, 7) is 10.4. The summed E-state index contributed by atoms with van der Waals surface area (Å²) in [6, 6.07) is -0.201. The van der Waals surface area contributed by atoms with Gasteiger partial charge in [-0.05, 0) is 26.3 Å². The Morgan fingerprint density at radius 1 is 1.10 bits per heavy atom. The number of hydrogen-bond donors (Lipinski definition) is 0. The lowest BCUT2D eigenvalue weighted by Crippen LogP contribution is -2.54. The maximum Gasteiger partial charge on any atom is 0.401 e. The van der Waals surface area contributed by atoms with Crippen LogP contribution < -0.4 is 4.90 Å². The van der Waals surface area contributed by atoms with E-state index in [1.165, 1.54) is 9.78 Å². The van der Waals surface area contributed by atoms with Gasteiger partial charge in [0, 0.05) is 43.6 Å². The minimum Gasteiger partial charge on any atom is -0.379 e. The van der Waals surface area contributed by atoms with Crippen LogP contribution in [0.2, 0.25) is 0 Å². The number of aromatic nitrogens is 2. The Hall–Kier alpha value is -1.49. The van der Waals surface area contributed by atoms with Gasteiger partial charge in [-0.25, -0.2) is 9.97 Å². The van der Waals surface area contributed by atoms with Crippen molar-refractivity contribution < 1.29 is 17.9 Å². The van der Waals surface area contributed by atoms with Crippen molar-refractivity contribution in [1.29, 1.82) is 0 Å². The number of rotatable bonds is 4. The Morgan fingerprint density at radius 3 is 2.50 bits per heavy atom. The van der Waals surface area contributed by atoms with E-state index in [-0.39, 0.29) is 6.04 Å². The third kappa shape index (κ3) is 4.71. The topological polar surface area (TPSA) is 44.7 Å². The number of nitrogens with zero attached hydrogens (tertiary/aromatic N) is 5. The van der Waals surface area contributed by atoms with Crippen molar-refractivity contribution in [3.63, 3.8) is 0 Å². The zero-order chi connectivity index (χ0) is 21.5. The Bertz CT molecular complexity index is 897. The predicted octanol–water partition coefficient (Wildman–Crippen LogP) is 3.21.